The fourth-order valence-electron chi connectivity index (χ4n) is 1.84. The van der Waals surface area contributed by atoms with Gasteiger partial charge in [-0.05, 0) is 37.8 Å². The lowest BCUT2D eigenvalue weighted by molar-refractivity contribution is -0.128. The third-order valence-electron chi connectivity index (χ3n) is 3.09. The van der Waals surface area contributed by atoms with Gasteiger partial charge in [-0.3, -0.25) is 9.78 Å². The van der Waals surface area contributed by atoms with E-state index in [1.807, 2.05) is 0 Å². The molecule has 20 heavy (non-hydrogen) atoms. The van der Waals surface area contributed by atoms with Crippen LogP contribution in [0.25, 0.3) is 0 Å². The molecule has 1 aromatic rings. The Morgan fingerprint density at radius 1 is 1.55 bits per heavy atom. The topological polar surface area (TPSA) is 77.2 Å². The number of halogens is 2. The van der Waals surface area contributed by atoms with Crippen molar-refractivity contribution in [3.05, 3.63) is 24.5 Å². The molecule has 0 radical (unpaired) electrons. The van der Waals surface area contributed by atoms with Gasteiger partial charge in [-0.1, -0.05) is 0 Å². The van der Waals surface area contributed by atoms with Crippen molar-refractivity contribution in [2.75, 3.05) is 6.54 Å². The van der Waals surface area contributed by atoms with Crippen molar-refractivity contribution >= 4 is 30.7 Å². The van der Waals surface area contributed by atoms with Gasteiger partial charge in [0.1, 0.15) is 5.75 Å². The molecule has 114 valence electrons. The number of rotatable bonds is 6. The molecule has 3 N–H and O–H groups in total. The standard InChI is InChI=1S/C13H19N3O2.2ClH/c1-9(18-11-3-2-6-15-8-11)13(17)16-12(7-14)10-4-5-10;;/h2-3,6,8-10,12H,4-5,7,14H2,1H3,(H,16,17);2*1H. The normalized spacial score (nSPS) is 16.1. The number of ether oxygens (including phenoxy) is 1. The predicted molar refractivity (Wildman–Crippen MR) is 82.5 cm³/mol. The number of nitrogens with zero attached hydrogens (tertiary/aromatic N) is 1. The van der Waals surface area contributed by atoms with Crippen molar-refractivity contribution in [2.24, 2.45) is 11.7 Å². The highest BCUT2D eigenvalue weighted by molar-refractivity contribution is 5.85. The Hall–Kier alpha value is -1.04. The molecular weight excluding hydrogens is 301 g/mol. The van der Waals surface area contributed by atoms with Crippen LogP contribution in [0.2, 0.25) is 0 Å². The van der Waals surface area contributed by atoms with Gasteiger partial charge in [-0.2, -0.15) is 0 Å². The average Bonchev–Trinajstić information content (AvgIpc) is 3.21. The van der Waals surface area contributed by atoms with Crippen LogP contribution < -0.4 is 15.8 Å². The summed E-state index contributed by atoms with van der Waals surface area (Å²) in [4.78, 5) is 15.9. The van der Waals surface area contributed by atoms with E-state index in [1.54, 1.807) is 31.5 Å². The van der Waals surface area contributed by atoms with Crippen LogP contribution in [0, 0.1) is 5.92 Å². The summed E-state index contributed by atoms with van der Waals surface area (Å²) in [6, 6.07) is 3.63. The first-order valence-corrected chi connectivity index (χ1v) is 6.28. The number of pyridine rings is 1. The van der Waals surface area contributed by atoms with Crippen LogP contribution in [0.4, 0.5) is 0 Å². The van der Waals surface area contributed by atoms with Gasteiger partial charge in [0, 0.05) is 18.8 Å². The molecule has 1 heterocycles. The molecule has 5 nitrogen and oxygen atoms in total. The lowest BCUT2D eigenvalue weighted by Crippen LogP contribution is -2.46. The first-order valence-electron chi connectivity index (χ1n) is 6.28. The van der Waals surface area contributed by atoms with Crippen LogP contribution >= 0.6 is 24.8 Å². The highest BCUT2D eigenvalue weighted by Crippen LogP contribution is 2.32. The molecule has 0 aliphatic heterocycles. The quantitative estimate of drug-likeness (QED) is 0.833. The Bertz CT molecular complexity index is 402. The minimum absolute atomic E-state index is 0. The summed E-state index contributed by atoms with van der Waals surface area (Å²) >= 11 is 0. The van der Waals surface area contributed by atoms with E-state index >= 15 is 0 Å². The highest BCUT2D eigenvalue weighted by Gasteiger charge is 2.32. The molecule has 2 atom stereocenters. The Labute approximate surface area is 131 Å². The zero-order valence-corrected chi connectivity index (χ0v) is 13.0. The van der Waals surface area contributed by atoms with Gasteiger partial charge in [0.2, 0.25) is 0 Å². The molecule has 2 rings (SSSR count). The second-order valence-corrected chi connectivity index (χ2v) is 4.64. The molecular formula is C13H21Cl2N3O2. The van der Waals surface area contributed by atoms with E-state index in [0.29, 0.717) is 18.2 Å². The minimum Gasteiger partial charge on any atom is -0.479 e. The molecule has 0 aromatic carbocycles. The lowest BCUT2D eigenvalue weighted by Gasteiger charge is -2.20. The number of nitrogens with two attached hydrogens (primary N) is 1. The maximum Gasteiger partial charge on any atom is 0.261 e. The van der Waals surface area contributed by atoms with Crippen LogP contribution in [0.1, 0.15) is 19.8 Å². The summed E-state index contributed by atoms with van der Waals surface area (Å²) < 4.78 is 5.51. The first kappa shape index (κ1) is 19.0. The number of amides is 1. The second kappa shape index (κ2) is 9.00. The van der Waals surface area contributed by atoms with Crippen molar-refractivity contribution in [1.29, 1.82) is 0 Å². The molecule has 1 amide bonds. The van der Waals surface area contributed by atoms with Crippen LogP contribution in [0.3, 0.4) is 0 Å². The van der Waals surface area contributed by atoms with E-state index in [1.165, 1.54) is 0 Å². The van der Waals surface area contributed by atoms with E-state index in [2.05, 4.69) is 10.3 Å². The second-order valence-electron chi connectivity index (χ2n) is 4.64. The van der Waals surface area contributed by atoms with Crippen molar-refractivity contribution in [2.45, 2.75) is 31.9 Å². The summed E-state index contributed by atoms with van der Waals surface area (Å²) in [6.45, 7) is 2.21. The van der Waals surface area contributed by atoms with E-state index in [4.69, 9.17) is 10.5 Å². The fraction of sp³-hybridized carbons (Fsp3) is 0.538. The number of hydrogen-bond acceptors (Lipinski definition) is 4. The molecule has 0 saturated heterocycles. The largest absolute Gasteiger partial charge is 0.479 e. The monoisotopic (exact) mass is 321 g/mol. The number of aromatic nitrogens is 1. The van der Waals surface area contributed by atoms with Gasteiger partial charge in [-0.25, -0.2) is 0 Å². The SMILES string of the molecule is CC(Oc1cccnc1)C(=O)NC(CN)C1CC1.Cl.Cl. The zero-order chi connectivity index (χ0) is 13.0. The summed E-state index contributed by atoms with van der Waals surface area (Å²) in [5.74, 6) is 1.02. The summed E-state index contributed by atoms with van der Waals surface area (Å²) in [6.07, 6.45) is 5.02. The number of carbonyl (C=O) groups excluding carboxylic acids is 1. The van der Waals surface area contributed by atoms with Gasteiger partial charge in [0.25, 0.3) is 5.91 Å². The molecule has 1 saturated carbocycles. The Morgan fingerprint density at radius 2 is 2.25 bits per heavy atom. The molecule has 7 heteroatoms. The summed E-state index contributed by atoms with van der Waals surface area (Å²) in [5, 5.41) is 2.94. The maximum atomic E-state index is 11.9. The third-order valence-corrected chi connectivity index (χ3v) is 3.09. The highest BCUT2D eigenvalue weighted by atomic mass is 35.5. The smallest absolute Gasteiger partial charge is 0.261 e. The van der Waals surface area contributed by atoms with Crippen molar-refractivity contribution in [1.82, 2.24) is 10.3 Å². The molecule has 1 aromatic heterocycles. The fourth-order valence-corrected chi connectivity index (χ4v) is 1.84. The van der Waals surface area contributed by atoms with Gasteiger partial charge in [0.15, 0.2) is 6.10 Å². The van der Waals surface area contributed by atoms with E-state index < -0.39 is 6.10 Å². The average molecular weight is 322 g/mol. The molecule has 2 unspecified atom stereocenters. The van der Waals surface area contributed by atoms with E-state index in [-0.39, 0.29) is 36.8 Å². The number of hydrogen-bond donors (Lipinski definition) is 2. The number of nitrogens with one attached hydrogen (secondary N) is 1. The summed E-state index contributed by atoms with van der Waals surface area (Å²) in [5.41, 5.74) is 5.65. The predicted octanol–water partition coefficient (Wildman–Crippen LogP) is 1.55. The van der Waals surface area contributed by atoms with E-state index in [9.17, 15) is 4.79 Å². The Balaban J connectivity index is 0.00000180. The first-order chi connectivity index (χ1) is 8.70. The zero-order valence-electron chi connectivity index (χ0n) is 11.3. The minimum atomic E-state index is -0.540. The van der Waals surface area contributed by atoms with E-state index in [0.717, 1.165) is 12.8 Å². The molecule has 1 fully saturated rings. The molecule has 0 spiro atoms. The van der Waals surface area contributed by atoms with Crippen LogP contribution in [-0.2, 0) is 4.79 Å². The Kier molecular flexibility index (Phi) is 8.53. The van der Waals surface area contributed by atoms with Crippen LogP contribution in [-0.4, -0.2) is 29.6 Å². The summed E-state index contributed by atoms with van der Waals surface area (Å²) in [7, 11) is 0. The van der Waals surface area contributed by atoms with Crippen LogP contribution in [0.15, 0.2) is 24.5 Å². The van der Waals surface area contributed by atoms with Gasteiger partial charge in [-0.15, -0.1) is 24.8 Å². The van der Waals surface area contributed by atoms with Crippen molar-refractivity contribution in [3.8, 4) is 5.75 Å². The lowest BCUT2D eigenvalue weighted by atomic mass is 10.2. The van der Waals surface area contributed by atoms with Crippen molar-refractivity contribution < 1.29 is 9.53 Å². The maximum absolute atomic E-state index is 11.9. The van der Waals surface area contributed by atoms with Gasteiger partial charge >= 0.3 is 0 Å². The van der Waals surface area contributed by atoms with Crippen molar-refractivity contribution in [3.63, 3.8) is 0 Å². The van der Waals surface area contributed by atoms with Gasteiger partial charge < -0.3 is 15.8 Å². The molecule has 1 aliphatic carbocycles. The van der Waals surface area contributed by atoms with Gasteiger partial charge in [0.05, 0.1) is 6.20 Å². The van der Waals surface area contributed by atoms with Crippen LogP contribution in [0.5, 0.6) is 5.75 Å². The Morgan fingerprint density at radius 3 is 2.75 bits per heavy atom. The third kappa shape index (κ3) is 5.53. The molecule has 1 aliphatic rings. The molecule has 0 bridgehead atoms. The number of carbonyl (C=O) groups is 1.